The van der Waals surface area contributed by atoms with Gasteiger partial charge >= 0.3 is 35.7 Å². The molecule has 0 atom stereocenters. The molecule has 12 fully saturated rings. The summed E-state index contributed by atoms with van der Waals surface area (Å²) in [5, 5.41) is 0. The van der Waals surface area contributed by atoms with Gasteiger partial charge in [0.1, 0.15) is 12.2 Å². The number of halogens is 6. The van der Waals surface area contributed by atoms with Crippen molar-refractivity contribution in [3.8, 4) is 39.0 Å². The van der Waals surface area contributed by atoms with Crippen LogP contribution >= 0.6 is 68.0 Å². The zero-order valence-corrected chi connectivity index (χ0v) is 46.3. The molecule has 19 rings (SSSR count). The zero-order valence-electron chi connectivity index (χ0n) is 41.4. The molecule has 8 bridgehead atoms. The second-order valence-electron chi connectivity index (χ2n) is 22.6. The van der Waals surface area contributed by atoms with Crippen LogP contribution in [0.25, 0.3) is 50.2 Å². The molecule has 1 aliphatic carbocycles. The topological polar surface area (TPSA) is 111 Å². The molecule has 12 saturated heterocycles. The summed E-state index contributed by atoms with van der Waals surface area (Å²) in [5.41, 5.74) is -5.73. The third-order valence-electron chi connectivity index (χ3n) is 15.6. The SMILES string of the molecule is CC12COC(c3ccc(-c4cc(C5=C(c6cc(-c7ccc(C89OCC(C)(CO8)CO9)s7)sc6-c6ccc(C78OCC(C)(CO7)CO8)s6)C(F)(F)C(F)(F)C5(F)F)c(-c5ccc(C67COC(C)(CO6)CO7)s5)s4)s3)(OC1)OC2. The molecule has 13 aliphatic rings. The van der Waals surface area contributed by atoms with E-state index in [1.54, 1.807) is 48.5 Å². The van der Waals surface area contributed by atoms with E-state index < -0.39 is 69.3 Å². The predicted octanol–water partition coefficient (Wildman–Crippen LogP) is 13.1. The molecule has 0 N–H and O–H groups in total. The van der Waals surface area contributed by atoms with Gasteiger partial charge in [0.05, 0.1) is 102 Å². The number of rotatable bonds is 10. The van der Waals surface area contributed by atoms with Crippen molar-refractivity contribution >= 4 is 79.2 Å². The van der Waals surface area contributed by atoms with Gasteiger partial charge in [0.15, 0.2) is 0 Å². The summed E-state index contributed by atoms with van der Waals surface area (Å²) in [5.74, 6) is -22.7. The summed E-state index contributed by atoms with van der Waals surface area (Å²) in [6, 6.07) is 16.1. The van der Waals surface area contributed by atoms with Gasteiger partial charge < -0.3 is 56.8 Å². The van der Waals surface area contributed by atoms with Crippen molar-refractivity contribution in [3.63, 3.8) is 0 Å². The van der Waals surface area contributed by atoms with Crippen LogP contribution in [-0.4, -0.2) is 103 Å². The molecule has 0 amide bonds. The molecule has 0 aromatic carbocycles. The minimum absolute atomic E-state index is 0.0285. The lowest BCUT2D eigenvalue weighted by Gasteiger charge is -2.50. The van der Waals surface area contributed by atoms with Gasteiger partial charge in [-0.3, -0.25) is 0 Å². The summed E-state index contributed by atoms with van der Waals surface area (Å²) in [4.78, 5) is 4.38. The van der Waals surface area contributed by atoms with Gasteiger partial charge in [-0.2, -0.15) is 26.3 Å². The highest BCUT2D eigenvalue weighted by Gasteiger charge is 2.81. The summed E-state index contributed by atoms with van der Waals surface area (Å²) < 4.78 is 177. The second-order valence-corrected chi connectivity index (χ2v) is 29.0. The number of fused-ring (bicyclic) bond motifs is 12. The van der Waals surface area contributed by atoms with Crippen molar-refractivity contribution in [2.75, 3.05) is 79.3 Å². The molecule has 0 radical (unpaired) electrons. The molecule has 6 aromatic heterocycles. The van der Waals surface area contributed by atoms with Crippen molar-refractivity contribution in [1.29, 1.82) is 0 Å². The number of alkyl halides is 6. The molecule has 12 aliphatic heterocycles. The molecule has 12 nitrogen and oxygen atoms in total. The van der Waals surface area contributed by atoms with Crippen molar-refractivity contribution in [2.24, 2.45) is 16.2 Å². The van der Waals surface area contributed by atoms with Crippen LogP contribution in [0.5, 0.6) is 0 Å². The molecule has 77 heavy (non-hydrogen) atoms. The van der Waals surface area contributed by atoms with Gasteiger partial charge in [-0.25, -0.2) is 0 Å². The van der Waals surface area contributed by atoms with E-state index in [0.717, 1.165) is 45.3 Å². The largest absolute Gasteiger partial charge is 0.380 e. The number of hydrogen-bond donors (Lipinski definition) is 0. The molecule has 6 aromatic rings. The first-order valence-corrected chi connectivity index (χ1v) is 29.7. The third-order valence-corrected chi connectivity index (χ3v) is 23.3. The maximum absolute atomic E-state index is 17.5. The lowest BCUT2D eigenvalue weighted by Crippen LogP contribution is -2.60. The number of hydrogen-bond acceptors (Lipinski definition) is 18. The first-order valence-electron chi connectivity index (χ1n) is 24.8. The molecular formula is C53H46F6O12S6. The Morgan fingerprint density at radius 1 is 0.338 bits per heavy atom. The molecule has 0 saturated carbocycles. The lowest BCUT2D eigenvalue weighted by atomic mass is 9.92. The highest BCUT2D eigenvalue weighted by molar-refractivity contribution is 7.27. The van der Waals surface area contributed by atoms with Gasteiger partial charge in [-0.1, -0.05) is 20.8 Å². The first-order chi connectivity index (χ1) is 36.5. The quantitative estimate of drug-likeness (QED) is 0.122. The van der Waals surface area contributed by atoms with Crippen LogP contribution in [0, 0.1) is 16.2 Å². The summed E-state index contributed by atoms with van der Waals surface area (Å²) in [6.07, 6.45) is 0. The highest BCUT2D eigenvalue weighted by atomic mass is 32.1. The van der Waals surface area contributed by atoms with Gasteiger partial charge in [-0.15, -0.1) is 68.0 Å². The first kappa shape index (κ1) is 51.0. The average Bonchev–Trinajstić information content (AvgIpc) is 4.47. The Kier molecular flexibility index (Phi) is 11.0. The van der Waals surface area contributed by atoms with Crippen molar-refractivity contribution in [3.05, 3.63) is 91.3 Å². The Morgan fingerprint density at radius 2 is 0.662 bits per heavy atom. The van der Waals surface area contributed by atoms with Crippen LogP contribution < -0.4 is 0 Å². The van der Waals surface area contributed by atoms with Gasteiger partial charge in [-0.05, 0) is 67.6 Å². The monoisotopic (exact) mass is 1180 g/mol. The Hall–Kier alpha value is -2.96. The van der Waals surface area contributed by atoms with Gasteiger partial charge in [0.2, 0.25) is 5.79 Å². The van der Waals surface area contributed by atoms with Crippen molar-refractivity contribution in [2.45, 2.75) is 74.8 Å². The zero-order chi connectivity index (χ0) is 53.0. The summed E-state index contributed by atoms with van der Waals surface area (Å²) in [7, 11) is 0. The summed E-state index contributed by atoms with van der Waals surface area (Å²) >= 11 is 6.58. The number of ether oxygens (including phenoxy) is 12. The standard InChI is InChI=1S/C53H46F6O12S6/c1-43-15-63-50(64-16-43,65-17-43)36-10-5-29(72-36)33-13-27(41(76-33)31-7-9-35(74-31)47-26-60-46(4,24-61-47)25-62-47)39-40(49(56,57)53(58,59)48(39,54)55)28-14-34(30-6-11-37(73-30)51-66-18-44(2,19-67-51)20-68-51)77-42(28)32-8-12-38(75-32)52-69-21-45(3,22-70-52)23-71-52/h5-14H,15-26H2,1-4H3. The van der Waals surface area contributed by atoms with E-state index in [2.05, 4.69) is 0 Å². The van der Waals surface area contributed by atoms with Crippen LogP contribution in [0.4, 0.5) is 26.3 Å². The maximum atomic E-state index is 17.5. The second kappa shape index (κ2) is 16.6. The summed E-state index contributed by atoms with van der Waals surface area (Å²) in [6.45, 7) is 11.4. The van der Waals surface area contributed by atoms with Crippen LogP contribution in [0.15, 0.2) is 60.7 Å². The molecule has 18 heterocycles. The van der Waals surface area contributed by atoms with E-state index in [1.807, 2.05) is 27.7 Å². The fourth-order valence-corrected chi connectivity index (χ4v) is 17.8. The van der Waals surface area contributed by atoms with Crippen LogP contribution in [0.1, 0.15) is 58.3 Å². The predicted molar refractivity (Wildman–Crippen MR) is 274 cm³/mol. The number of allylic oxidation sites excluding steroid dienone is 2. The minimum atomic E-state index is -5.90. The Morgan fingerprint density at radius 3 is 1.01 bits per heavy atom. The van der Waals surface area contributed by atoms with Crippen LogP contribution in [-0.2, 0) is 80.5 Å². The normalized spacial score (nSPS) is 37.4. The van der Waals surface area contributed by atoms with Crippen molar-refractivity contribution in [1.82, 2.24) is 0 Å². The fourth-order valence-electron chi connectivity index (χ4n) is 10.8. The van der Waals surface area contributed by atoms with E-state index in [9.17, 15) is 0 Å². The maximum Gasteiger partial charge on any atom is 0.380 e. The van der Waals surface area contributed by atoms with Crippen LogP contribution in [0.2, 0.25) is 0 Å². The lowest BCUT2D eigenvalue weighted by molar-refractivity contribution is -0.476. The average molecular weight is 1180 g/mol. The highest BCUT2D eigenvalue weighted by Crippen LogP contribution is 2.68. The van der Waals surface area contributed by atoms with E-state index in [-0.39, 0.29) is 45.8 Å². The molecular weight excluding hydrogens is 1130 g/mol. The van der Waals surface area contributed by atoms with E-state index in [0.29, 0.717) is 108 Å². The minimum Gasteiger partial charge on any atom is -0.364 e. The van der Waals surface area contributed by atoms with Gasteiger partial charge in [0, 0.05) is 67.8 Å². The van der Waals surface area contributed by atoms with E-state index in [4.69, 9.17) is 56.8 Å². The fraction of sp³-hybridized carbons (Fsp3) is 0.509. The molecule has 0 unspecified atom stereocenters. The Balaban J connectivity index is 0.918. The third kappa shape index (κ3) is 7.41. The van der Waals surface area contributed by atoms with E-state index in [1.165, 1.54) is 34.8 Å². The van der Waals surface area contributed by atoms with Crippen molar-refractivity contribution < 1.29 is 83.2 Å². The molecule has 0 spiro atoms. The van der Waals surface area contributed by atoms with Crippen LogP contribution in [0.3, 0.4) is 0 Å². The van der Waals surface area contributed by atoms with E-state index >= 15 is 26.3 Å². The van der Waals surface area contributed by atoms with Gasteiger partial charge in [0.25, 0.3) is 0 Å². The Labute approximate surface area is 460 Å². The molecule has 408 valence electrons. The Bertz CT molecular complexity index is 3120. The molecule has 24 heteroatoms. The number of thiophene rings is 6. The smallest absolute Gasteiger partial charge is 0.364 e.